The SMILES string of the molecule is Nc1nc(-c2cncs2)[nH]c(=O)n1. The predicted molar refractivity (Wildman–Crippen MR) is 48.2 cm³/mol. The first-order chi connectivity index (χ1) is 6.25. The van der Waals surface area contributed by atoms with Gasteiger partial charge in [-0.3, -0.25) is 9.97 Å². The maximum absolute atomic E-state index is 10.9. The third kappa shape index (κ3) is 1.54. The Morgan fingerprint density at radius 3 is 2.92 bits per heavy atom. The van der Waals surface area contributed by atoms with Crippen molar-refractivity contribution >= 4 is 17.3 Å². The van der Waals surface area contributed by atoms with E-state index in [9.17, 15) is 4.79 Å². The lowest BCUT2D eigenvalue weighted by Crippen LogP contribution is -2.15. The van der Waals surface area contributed by atoms with Crippen LogP contribution in [0.1, 0.15) is 0 Å². The highest BCUT2D eigenvalue weighted by Crippen LogP contribution is 2.17. The summed E-state index contributed by atoms with van der Waals surface area (Å²) in [5, 5.41) is 0. The monoisotopic (exact) mass is 195 g/mol. The number of aromatic nitrogens is 4. The minimum atomic E-state index is -0.504. The molecule has 0 radical (unpaired) electrons. The van der Waals surface area contributed by atoms with E-state index in [1.807, 2.05) is 0 Å². The molecule has 0 saturated carbocycles. The lowest BCUT2D eigenvalue weighted by molar-refractivity contribution is 1.01. The molecule has 0 atom stereocenters. The van der Waals surface area contributed by atoms with Gasteiger partial charge < -0.3 is 5.73 Å². The molecule has 3 N–H and O–H groups in total. The Morgan fingerprint density at radius 1 is 1.46 bits per heavy atom. The van der Waals surface area contributed by atoms with Crippen LogP contribution in [0.5, 0.6) is 0 Å². The zero-order valence-corrected chi connectivity index (χ0v) is 7.21. The summed E-state index contributed by atoms with van der Waals surface area (Å²) in [6, 6.07) is 0. The molecule has 0 bridgehead atoms. The molecule has 0 aromatic carbocycles. The van der Waals surface area contributed by atoms with Gasteiger partial charge in [0.25, 0.3) is 0 Å². The van der Waals surface area contributed by atoms with Gasteiger partial charge in [0.2, 0.25) is 5.95 Å². The summed E-state index contributed by atoms with van der Waals surface area (Å²) in [6.45, 7) is 0. The fraction of sp³-hybridized carbons (Fsp3) is 0. The molecule has 0 unspecified atom stereocenters. The topological polar surface area (TPSA) is 97.5 Å². The van der Waals surface area contributed by atoms with Gasteiger partial charge in [-0.25, -0.2) is 4.79 Å². The molecule has 0 fully saturated rings. The van der Waals surface area contributed by atoms with E-state index in [-0.39, 0.29) is 5.95 Å². The van der Waals surface area contributed by atoms with Crippen molar-refractivity contribution in [1.82, 2.24) is 19.9 Å². The Morgan fingerprint density at radius 2 is 2.31 bits per heavy atom. The van der Waals surface area contributed by atoms with Crippen LogP contribution >= 0.6 is 11.3 Å². The average molecular weight is 195 g/mol. The summed E-state index contributed by atoms with van der Waals surface area (Å²) < 4.78 is 0. The van der Waals surface area contributed by atoms with Crippen LogP contribution in [0, 0.1) is 0 Å². The van der Waals surface area contributed by atoms with Crippen molar-refractivity contribution in [3.05, 3.63) is 22.2 Å². The minimum Gasteiger partial charge on any atom is -0.368 e. The van der Waals surface area contributed by atoms with Gasteiger partial charge in [-0.2, -0.15) is 9.97 Å². The van der Waals surface area contributed by atoms with Gasteiger partial charge in [0.1, 0.15) is 0 Å². The zero-order valence-electron chi connectivity index (χ0n) is 6.39. The van der Waals surface area contributed by atoms with Crippen molar-refractivity contribution in [2.24, 2.45) is 0 Å². The van der Waals surface area contributed by atoms with E-state index in [0.717, 1.165) is 4.88 Å². The lowest BCUT2D eigenvalue weighted by Gasteiger charge is -1.94. The van der Waals surface area contributed by atoms with Crippen LogP contribution in [-0.2, 0) is 0 Å². The number of nitrogens with one attached hydrogen (secondary N) is 1. The van der Waals surface area contributed by atoms with E-state index in [1.165, 1.54) is 11.3 Å². The molecule has 0 aliphatic carbocycles. The molecular weight excluding hydrogens is 190 g/mol. The second-order valence-electron chi connectivity index (χ2n) is 2.23. The van der Waals surface area contributed by atoms with Crippen molar-refractivity contribution in [1.29, 1.82) is 0 Å². The molecule has 2 aromatic heterocycles. The van der Waals surface area contributed by atoms with Crippen LogP contribution in [0.15, 0.2) is 16.5 Å². The summed E-state index contributed by atoms with van der Waals surface area (Å²) in [6.07, 6.45) is 1.60. The van der Waals surface area contributed by atoms with Crippen LogP contribution in [0.2, 0.25) is 0 Å². The first-order valence-electron chi connectivity index (χ1n) is 3.38. The smallest absolute Gasteiger partial charge is 0.349 e. The van der Waals surface area contributed by atoms with E-state index in [1.54, 1.807) is 11.7 Å². The van der Waals surface area contributed by atoms with Crippen molar-refractivity contribution < 1.29 is 0 Å². The largest absolute Gasteiger partial charge is 0.368 e. The third-order valence-corrected chi connectivity index (χ3v) is 2.11. The lowest BCUT2D eigenvalue weighted by atomic mass is 10.5. The maximum Gasteiger partial charge on any atom is 0.349 e. The molecular formula is C6H5N5OS. The normalized spacial score (nSPS) is 10.2. The van der Waals surface area contributed by atoms with E-state index in [0.29, 0.717) is 5.82 Å². The highest BCUT2D eigenvalue weighted by Gasteiger charge is 2.03. The molecule has 0 amide bonds. The molecule has 0 aliphatic heterocycles. The number of nitrogen functional groups attached to an aromatic ring is 1. The van der Waals surface area contributed by atoms with Crippen LogP contribution < -0.4 is 11.4 Å². The summed E-state index contributed by atoms with van der Waals surface area (Å²) in [7, 11) is 0. The Labute approximate surface area is 76.5 Å². The number of rotatable bonds is 1. The number of nitrogens with zero attached hydrogens (tertiary/aromatic N) is 3. The van der Waals surface area contributed by atoms with Gasteiger partial charge in [-0.1, -0.05) is 0 Å². The van der Waals surface area contributed by atoms with Gasteiger partial charge in [0.15, 0.2) is 5.82 Å². The number of nitrogens with two attached hydrogens (primary N) is 1. The Bertz CT molecular complexity index is 462. The van der Waals surface area contributed by atoms with Gasteiger partial charge in [-0.05, 0) is 0 Å². The quantitative estimate of drug-likeness (QED) is 0.660. The Kier molecular flexibility index (Phi) is 1.78. The molecule has 2 heterocycles. The van der Waals surface area contributed by atoms with E-state index >= 15 is 0 Å². The first-order valence-corrected chi connectivity index (χ1v) is 4.26. The van der Waals surface area contributed by atoms with Crippen molar-refractivity contribution in [2.75, 3.05) is 5.73 Å². The van der Waals surface area contributed by atoms with E-state index < -0.39 is 5.69 Å². The number of hydrogen-bond acceptors (Lipinski definition) is 6. The number of thiazole rings is 1. The zero-order chi connectivity index (χ0) is 9.26. The second kappa shape index (κ2) is 2.94. The molecule has 0 spiro atoms. The summed E-state index contributed by atoms with van der Waals surface area (Å²) in [4.78, 5) is 25.2. The number of H-pyrrole nitrogens is 1. The number of aromatic amines is 1. The standard InChI is InChI=1S/C6H5N5OS/c7-5-9-4(10-6(12)11-5)3-1-8-2-13-3/h1-2H,(H3,7,9,10,11,12). The fourth-order valence-electron chi connectivity index (χ4n) is 0.850. The highest BCUT2D eigenvalue weighted by molar-refractivity contribution is 7.13. The summed E-state index contributed by atoms with van der Waals surface area (Å²) in [5.74, 6) is 0.368. The third-order valence-electron chi connectivity index (χ3n) is 1.33. The highest BCUT2D eigenvalue weighted by atomic mass is 32.1. The van der Waals surface area contributed by atoms with Gasteiger partial charge >= 0.3 is 5.69 Å². The first kappa shape index (κ1) is 7.87. The van der Waals surface area contributed by atoms with Gasteiger partial charge in [0, 0.05) is 6.20 Å². The molecule has 0 aliphatic rings. The van der Waals surface area contributed by atoms with Crippen molar-refractivity contribution in [2.45, 2.75) is 0 Å². The molecule has 66 valence electrons. The van der Waals surface area contributed by atoms with Crippen LogP contribution in [0.25, 0.3) is 10.7 Å². The molecule has 7 heteroatoms. The summed E-state index contributed by atoms with van der Waals surface area (Å²) >= 11 is 1.37. The Hall–Kier alpha value is -1.76. The van der Waals surface area contributed by atoms with Crippen LogP contribution in [0.3, 0.4) is 0 Å². The Balaban J connectivity index is 2.59. The van der Waals surface area contributed by atoms with E-state index in [2.05, 4.69) is 19.9 Å². The fourth-order valence-corrected chi connectivity index (χ4v) is 1.42. The second-order valence-corrected chi connectivity index (χ2v) is 3.11. The molecule has 6 nitrogen and oxygen atoms in total. The number of hydrogen-bond donors (Lipinski definition) is 2. The molecule has 0 saturated heterocycles. The van der Waals surface area contributed by atoms with Crippen molar-refractivity contribution in [3.8, 4) is 10.7 Å². The average Bonchev–Trinajstić information content (AvgIpc) is 2.53. The predicted octanol–water partition coefficient (Wildman–Crippen LogP) is -0.129. The maximum atomic E-state index is 10.9. The molecule has 2 rings (SSSR count). The van der Waals surface area contributed by atoms with Gasteiger partial charge in [-0.15, -0.1) is 11.3 Å². The van der Waals surface area contributed by atoms with Crippen LogP contribution in [-0.4, -0.2) is 19.9 Å². The molecule has 2 aromatic rings. The van der Waals surface area contributed by atoms with Gasteiger partial charge in [0.05, 0.1) is 10.4 Å². The van der Waals surface area contributed by atoms with Crippen molar-refractivity contribution in [3.63, 3.8) is 0 Å². The number of anilines is 1. The van der Waals surface area contributed by atoms with E-state index in [4.69, 9.17) is 5.73 Å². The molecule has 13 heavy (non-hydrogen) atoms. The summed E-state index contributed by atoms with van der Waals surface area (Å²) in [5.41, 5.74) is 6.45. The minimum absolute atomic E-state index is 0.0350. The van der Waals surface area contributed by atoms with Crippen LogP contribution in [0.4, 0.5) is 5.95 Å².